The molecule has 0 spiro atoms. The Hall–Kier alpha value is -1.62. The Bertz CT molecular complexity index is 456. The average molecular weight is 235 g/mol. The molecule has 2 rings (SSSR count). The lowest BCUT2D eigenvalue weighted by Crippen LogP contribution is -2.01. The number of nitrogens with zero attached hydrogens (tertiary/aromatic N) is 2. The van der Waals surface area contributed by atoms with Crippen molar-refractivity contribution in [1.29, 1.82) is 0 Å². The topological polar surface area (TPSA) is 47.0 Å². The molecular formula is C11H13N3OS. The van der Waals surface area contributed by atoms with Crippen LogP contribution in [0.4, 0.5) is 5.82 Å². The van der Waals surface area contributed by atoms with Crippen LogP contribution in [0.2, 0.25) is 0 Å². The maximum absolute atomic E-state index is 5.59. The van der Waals surface area contributed by atoms with Gasteiger partial charge >= 0.3 is 0 Å². The highest BCUT2D eigenvalue weighted by molar-refractivity contribution is 7.09. The van der Waals surface area contributed by atoms with E-state index < -0.39 is 0 Å². The summed E-state index contributed by atoms with van der Waals surface area (Å²) < 4.78 is 5.59. The van der Waals surface area contributed by atoms with Crippen LogP contribution in [0.1, 0.15) is 10.7 Å². The van der Waals surface area contributed by atoms with Crippen LogP contribution in [0, 0.1) is 6.92 Å². The number of rotatable bonds is 4. The number of ether oxygens (including phenoxy) is 1. The first kappa shape index (κ1) is 10.9. The monoisotopic (exact) mass is 235 g/mol. The quantitative estimate of drug-likeness (QED) is 0.884. The van der Waals surface area contributed by atoms with Crippen LogP contribution < -0.4 is 10.1 Å². The molecule has 0 bridgehead atoms. The molecule has 0 aromatic carbocycles. The van der Waals surface area contributed by atoms with Gasteiger partial charge in [-0.1, -0.05) is 6.07 Å². The highest BCUT2D eigenvalue weighted by Crippen LogP contribution is 2.16. The molecule has 0 aliphatic carbocycles. The Morgan fingerprint density at radius 1 is 1.44 bits per heavy atom. The Balaban J connectivity index is 2.06. The van der Waals surface area contributed by atoms with E-state index in [-0.39, 0.29) is 0 Å². The molecule has 0 fully saturated rings. The van der Waals surface area contributed by atoms with Gasteiger partial charge in [0.05, 0.1) is 0 Å². The number of thiophene rings is 1. The molecule has 2 aromatic heterocycles. The van der Waals surface area contributed by atoms with Crippen LogP contribution >= 0.6 is 11.3 Å². The smallest absolute Gasteiger partial charge is 0.219 e. The van der Waals surface area contributed by atoms with Crippen molar-refractivity contribution in [3.63, 3.8) is 0 Å². The van der Waals surface area contributed by atoms with Crippen molar-refractivity contribution in [1.82, 2.24) is 9.97 Å². The third-order valence-electron chi connectivity index (χ3n) is 2.01. The van der Waals surface area contributed by atoms with E-state index in [1.165, 1.54) is 4.88 Å². The van der Waals surface area contributed by atoms with Gasteiger partial charge in [-0.25, -0.2) is 4.98 Å². The first-order chi connectivity index (χ1) is 7.78. The van der Waals surface area contributed by atoms with Crippen LogP contribution in [0.15, 0.2) is 23.6 Å². The molecule has 0 unspecified atom stereocenters. The zero-order valence-electron chi connectivity index (χ0n) is 9.23. The maximum Gasteiger partial charge on any atom is 0.219 e. The fraction of sp³-hybridized carbons (Fsp3) is 0.273. The molecule has 0 aliphatic rings. The molecule has 1 N–H and O–H groups in total. The Morgan fingerprint density at radius 2 is 2.31 bits per heavy atom. The van der Waals surface area contributed by atoms with Crippen LogP contribution in [0.3, 0.4) is 0 Å². The van der Waals surface area contributed by atoms with Gasteiger partial charge in [-0.05, 0) is 18.4 Å². The van der Waals surface area contributed by atoms with E-state index in [9.17, 15) is 0 Å². The third-order valence-corrected chi connectivity index (χ3v) is 2.86. The van der Waals surface area contributed by atoms with Gasteiger partial charge < -0.3 is 10.1 Å². The summed E-state index contributed by atoms with van der Waals surface area (Å²) in [6.07, 6.45) is 0. The van der Waals surface area contributed by atoms with Crippen molar-refractivity contribution in [2.75, 3.05) is 12.4 Å². The lowest BCUT2D eigenvalue weighted by atomic mass is 10.5. The lowest BCUT2D eigenvalue weighted by Gasteiger charge is -2.06. The molecule has 5 heteroatoms. The van der Waals surface area contributed by atoms with Gasteiger partial charge in [-0.15, -0.1) is 11.3 Å². The van der Waals surface area contributed by atoms with Gasteiger partial charge in [0.15, 0.2) is 0 Å². The number of hydrogen-bond acceptors (Lipinski definition) is 5. The third kappa shape index (κ3) is 2.70. The van der Waals surface area contributed by atoms with Gasteiger partial charge in [-0.2, -0.15) is 4.98 Å². The largest absolute Gasteiger partial charge is 0.472 e. The summed E-state index contributed by atoms with van der Waals surface area (Å²) in [7, 11) is 1.82. The first-order valence-corrected chi connectivity index (χ1v) is 5.84. The Labute approximate surface area is 98.3 Å². The second-order valence-electron chi connectivity index (χ2n) is 3.26. The van der Waals surface area contributed by atoms with Crippen LogP contribution in [0.5, 0.6) is 5.88 Å². The minimum absolute atomic E-state index is 0.553. The van der Waals surface area contributed by atoms with Gasteiger partial charge in [0.2, 0.25) is 5.88 Å². The van der Waals surface area contributed by atoms with Gasteiger partial charge in [0.1, 0.15) is 18.2 Å². The fourth-order valence-electron chi connectivity index (χ4n) is 1.28. The maximum atomic E-state index is 5.59. The summed E-state index contributed by atoms with van der Waals surface area (Å²) in [5.41, 5.74) is 0. The zero-order valence-corrected chi connectivity index (χ0v) is 10.0. The molecule has 84 valence electrons. The molecule has 2 aromatic rings. The van der Waals surface area contributed by atoms with Crippen LogP contribution in [-0.4, -0.2) is 17.0 Å². The Morgan fingerprint density at radius 3 is 3.00 bits per heavy atom. The summed E-state index contributed by atoms with van der Waals surface area (Å²) in [6.45, 7) is 2.40. The zero-order chi connectivity index (χ0) is 11.4. The number of aromatic nitrogens is 2. The van der Waals surface area contributed by atoms with Crippen molar-refractivity contribution in [2.24, 2.45) is 0 Å². The standard InChI is InChI=1S/C11H13N3OS/c1-8-13-10(12-2)6-11(14-8)15-7-9-4-3-5-16-9/h3-6H,7H2,1-2H3,(H,12,13,14). The summed E-state index contributed by atoms with van der Waals surface area (Å²) in [5, 5.41) is 5.00. The van der Waals surface area contributed by atoms with E-state index in [2.05, 4.69) is 15.3 Å². The second-order valence-corrected chi connectivity index (χ2v) is 4.29. The highest BCUT2D eigenvalue weighted by atomic mass is 32.1. The number of hydrogen-bond donors (Lipinski definition) is 1. The number of aryl methyl sites for hydroxylation is 1. The molecule has 0 saturated carbocycles. The van der Waals surface area contributed by atoms with Crippen molar-refractivity contribution >= 4 is 17.2 Å². The van der Waals surface area contributed by atoms with Gasteiger partial charge in [-0.3, -0.25) is 0 Å². The second kappa shape index (κ2) is 4.94. The average Bonchev–Trinajstić information content (AvgIpc) is 2.78. The molecule has 4 nitrogen and oxygen atoms in total. The summed E-state index contributed by atoms with van der Waals surface area (Å²) >= 11 is 1.67. The molecular weight excluding hydrogens is 222 g/mol. The SMILES string of the molecule is CNc1cc(OCc2cccs2)nc(C)n1. The fourth-order valence-corrected chi connectivity index (χ4v) is 1.90. The van der Waals surface area contributed by atoms with Crippen LogP contribution in [0.25, 0.3) is 0 Å². The van der Waals surface area contributed by atoms with Crippen molar-refractivity contribution in [3.05, 3.63) is 34.3 Å². The Kier molecular flexibility index (Phi) is 3.36. The summed E-state index contributed by atoms with van der Waals surface area (Å²) in [6, 6.07) is 5.84. The van der Waals surface area contributed by atoms with Crippen molar-refractivity contribution in [2.45, 2.75) is 13.5 Å². The lowest BCUT2D eigenvalue weighted by molar-refractivity contribution is 0.296. The minimum atomic E-state index is 0.553. The summed E-state index contributed by atoms with van der Waals surface area (Å²) in [5.74, 6) is 2.08. The molecule has 0 amide bonds. The van der Waals surface area contributed by atoms with Crippen molar-refractivity contribution < 1.29 is 4.74 Å². The van der Waals surface area contributed by atoms with E-state index in [1.54, 1.807) is 17.4 Å². The molecule has 2 heterocycles. The molecule has 16 heavy (non-hydrogen) atoms. The molecule has 0 saturated heterocycles. The number of anilines is 1. The normalized spacial score (nSPS) is 10.1. The van der Waals surface area contributed by atoms with E-state index in [0.717, 1.165) is 5.82 Å². The molecule has 0 aliphatic heterocycles. The van der Waals surface area contributed by atoms with Crippen LogP contribution in [-0.2, 0) is 6.61 Å². The predicted molar refractivity (Wildman–Crippen MR) is 65.0 cm³/mol. The number of nitrogens with one attached hydrogen (secondary N) is 1. The van der Waals surface area contributed by atoms with Gasteiger partial charge in [0.25, 0.3) is 0 Å². The highest BCUT2D eigenvalue weighted by Gasteiger charge is 2.02. The van der Waals surface area contributed by atoms with Gasteiger partial charge in [0, 0.05) is 18.0 Å². The molecule has 0 atom stereocenters. The van der Waals surface area contributed by atoms with E-state index in [0.29, 0.717) is 18.3 Å². The van der Waals surface area contributed by atoms with Crippen molar-refractivity contribution in [3.8, 4) is 5.88 Å². The molecule has 0 radical (unpaired) electrons. The van der Waals surface area contributed by atoms with E-state index in [4.69, 9.17) is 4.74 Å². The van der Waals surface area contributed by atoms with E-state index >= 15 is 0 Å². The predicted octanol–water partition coefficient (Wildman–Crippen LogP) is 2.47. The summed E-state index contributed by atoms with van der Waals surface area (Å²) in [4.78, 5) is 9.59. The minimum Gasteiger partial charge on any atom is -0.472 e. The first-order valence-electron chi connectivity index (χ1n) is 4.96. The van der Waals surface area contributed by atoms with E-state index in [1.807, 2.05) is 31.5 Å².